The molecule has 0 fully saturated rings. The lowest BCUT2D eigenvalue weighted by Crippen LogP contribution is -2.32. The number of hydrogen-bond donors (Lipinski definition) is 2. The van der Waals surface area contributed by atoms with Gasteiger partial charge in [-0.15, -0.1) is 10.2 Å². The molecule has 0 aliphatic heterocycles. The Morgan fingerprint density at radius 2 is 2.33 bits per heavy atom. The van der Waals surface area contributed by atoms with E-state index in [0.717, 1.165) is 11.5 Å². The van der Waals surface area contributed by atoms with Crippen LogP contribution in [-0.2, 0) is 6.54 Å². The van der Waals surface area contributed by atoms with E-state index in [2.05, 4.69) is 20.8 Å². The second-order valence-corrected chi connectivity index (χ2v) is 3.39. The number of nitrogens with zero attached hydrogens (tertiary/aromatic N) is 3. The van der Waals surface area contributed by atoms with Crippen molar-refractivity contribution in [2.45, 2.75) is 6.54 Å². The second-order valence-electron chi connectivity index (χ2n) is 2.98. The predicted molar refractivity (Wildman–Crippen MR) is 61.5 cm³/mol. The average molecular weight is 221 g/mol. The van der Waals surface area contributed by atoms with E-state index in [9.17, 15) is 0 Å². The van der Waals surface area contributed by atoms with E-state index in [4.69, 9.17) is 12.2 Å². The van der Waals surface area contributed by atoms with Crippen molar-refractivity contribution in [1.82, 2.24) is 25.2 Å². The summed E-state index contributed by atoms with van der Waals surface area (Å²) in [5.41, 5.74) is 0.838. The van der Waals surface area contributed by atoms with Gasteiger partial charge in [-0.25, -0.2) is 0 Å². The summed E-state index contributed by atoms with van der Waals surface area (Å²) in [6.45, 7) is 0.560. The molecule has 2 N–H and O–H groups in total. The molecule has 0 atom stereocenters. The Bertz CT molecular complexity index is 478. The molecule has 5 nitrogen and oxygen atoms in total. The zero-order valence-corrected chi connectivity index (χ0v) is 9.08. The van der Waals surface area contributed by atoms with Crippen molar-refractivity contribution in [2.75, 3.05) is 7.05 Å². The summed E-state index contributed by atoms with van der Waals surface area (Å²) < 4.78 is 1.92. The molecule has 0 aromatic carbocycles. The Kier molecular flexibility index (Phi) is 2.77. The molecule has 2 aromatic rings. The number of pyridine rings is 1. The van der Waals surface area contributed by atoms with Crippen LogP contribution in [0.3, 0.4) is 0 Å². The molecule has 2 aromatic heterocycles. The lowest BCUT2D eigenvalue weighted by Gasteiger charge is -2.04. The number of thiocarbonyl (C=S) groups is 1. The van der Waals surface area contributed by atoms with Crippen LogP contribution in [0, 0.1) is 0 Å². The van der Waals surface area contributed by atoms with Crippen molar-refractivity contribution in [3.8, 4) is 0 Å². The summed E-state index contributed by atoms with van der Waals surface area (Å²) in [7, 11) is 1.78. The van der Waals surface area contributed by atoms with E-state index < -0.39 is 0 Å². The first-order valence-corrected chi connectivity index (χ1v) is 4.96. The van der Waals surface area contributed by atoms with Gasteiger partial charge in [0.15, 0.2) is 16.6 Å². The Balaban J connectivity index is 2.18. The Labute approximate surface area is 92.5 Å². The first kappa shape index (κ1) is 9.85. The quantitative estimate of drug-likeness (QED) is 0.715. The zero-order valence-electron chi connectivity index (χ0n) is 8.27. The van der Waals surface area contributed by atoms with Crippen molar-refractivity contribution in [2.24, 2.45) is 0 Å². The Morgan fingerprint density at radius 1 is 1.47 bits per heavy atom. The first-order chi connectivity index (χ1) is 7.31. The summed E-state index contributed by atoms with van der Waals surface area (Å²) in [6.07, 6.45) is 1.93. The molecule has 0 saturated heterocycles. The SMILES string of the molecule is CNC(=S)NCc1nnc2ccccn12. The molecule has 2 rings (SSSR count). The van der Waals surface area contributed by atoms with Crippen LogP contribution in [0.5, 0.6) is 0 Å². The largest absolute Gasteiger partial charge is 0.366 e. The molecular formula is C9H11N5S. The van der Waals surface area contributed by atoms with Crippen LogP contribution in [0.1, 0.15) is 5.82 Å². The maximum absolute atomic E-state index is 4.97. The molecule has 15 heavy (non-hydrogen) atoms. The third-order valence-corrected chi connectivity index (χ3v) is 2.37. The molecule has 0 spiro atoms. The van der Waals surface area contributed by atoms with Gasteiger partial charge in [-0.1, -0.05) is 6.07 Å². The molecule has 0 bridgehead atoms. The minimum Gasteiger partial charge on any atom is -0.366 e. The van der Waals surface area contributed by atoms with Crippen LogP contribution in [0.4, 0.5) is 0 Å². The van der Waals surface area contributed by atoms with Crippen molar-refractivity contribution in [1.29, 1.82) is 0 Å². The van der Waals surface area contributed by atoms with E-state index in [-0.39, 0.29) is 0 Å². The van der Waals surface area contributed by atoms with Crippen LogP contribution < -0.4 is 10.6 Å². The minimum atomic E-state index is 0.560. The maximum Gasteiger partial charge on any atom is 0.166 e. The van der Waals surface area contributed by atoms with Gasteiger partial charge in [0.05, 0.1) is 6.54 Å². The topological polar surface area (TPSA) is 54.2 Å². The van der Waals surface area contributed by atoms with Gasteiger partial charge in [0.2, 0.25) is 0 Å². The highest BCUT2D eigenvalue weighted by molar-refractivity contribution is 7.80. The van der Waals surface area contributed by atoms with E-state index in [0.29, 0.717) is 11.7 Å². The summed E-state index contributed by atoms with van der Waals surface area (Å²) in [6, 6.07) is 5.78. The molecule has 0 unspecified atom stereocenters. The van der Waals surface area contributed by atoms with Crippen LogP contribution in [0.2, 0.25) is 0 Å². The van der Waals surface area contributed by atoms with Gasteiger partial charge < -0.3 is 10.6 Å². The van der Waals surface area contributed by atoms with E-state index >= 15 is 0 Å². The van der Waals surface area contributed by atoms with Crippen molar-refractivity contribution < 1.29 is 0 Å². The Morgan fingerprint density at radius 3 is 3.13 bits per heavy atom. The van der Waals surface area contributed by atoms with Crippen LogP contribution in [0.15, 0.2) is 24.4 Å². The third kappa shape index (κ3) is 2.04. The van der Waals surface area contributed by atoms with Gasteiger partial charge in [0, 0.05) is 13.2 Å². The van der Waals surface area contributed by atoms with Gasteiger partial charge in [0.1, 0.15) is 0 Å². The summed E-state index contributed by atoms with van der Waals surface area (Å²) in [4.78, 5) is 0. The molecule has 0 aliphatic rings. The smallest absolute Gasteiger partial charge is 0.166 e. The van der Waals surface area contributed by atoms with Gasteiger partial charge >= 0.3 is 0 Å². The molecule has 0 radical (unpaired) electrons. The highest BCUT2D eigenvalue weighted by Gasteiger charge is 2.03. The molecule has 78 valence electrons. The molecule has 2 heterocycles. The number of hydrogen-bond acceptors (Lipinski definition) is 3. The van der Waals surface area contributed by atoms with E-state index in [1.165, 1.54) is 0 Å². The fourth-order valence-corrected chi connectivity index (χ4v) is 1.33. The van der Waals surface area contributed by atoms with Crippen molar-refractivity contribution >= 4 is 23.0 Å². The van der Waals surface area contributed by atoms with E-state index in [1.54, 1.807) is 7.05 Å². The summed E-state index contributed by atoms with van der Waals surface area (Å²) in [5.74, 6) is 0.836. The Hall–Kier alpha value is -1.69. The van der Waals surface area contributed by atoms with Crippen molar-refractivity contribution in [3.05, 3.63) is 30.2 Å². The van der Waals surface area contributed by atoms with Crippen molar-refractivity contribution in [3.63, 3.8) is 0 Å². The average Bonchev–Trinajstić information content (AvgIpc) is 2.69. The van der Waals surface area contributed by atoms with Crippen LogP contribution in [-0.4, -0.2) is 26.8 Å². The number of aromatic nitrogens is 3. The monoisotopic (exact) mass is 221 g/mol. The maximum atomic E-state index is 4.97. The fourth-order valence-electron chi connectivity index (χ4n) is 1.26. The van der Waals surface area contributed by atoms with Gasteiger partial charge in [0.25, 0.3) is 0 Å². The first-order valence-electron chi connectivity index (χ1n) is 4.55. The predicted octanol–water partition coefficient (Wildman–Crippen LogP) is 0.323. The molecular weight excluding hydrogens is 210 g/mol. The number of rotatable bonds is 2. The fraction of sp³-hybridized carbons (Fsp3) is 0.222. The molecule has 0 saturated carbocycles. The minimum absolute atomic E-state index is 0.560. The lowest BCUT2D eigenvalue weighted by atomic mass is 10.4. The number of nitrogens with one attached hydrogen (secondary N) is 2. The van der Waals surface area contributed by atoms with Crippen LogP contribution in [0.25, 0.3) is 5.65 Å². The summed E-state index contributed by atoms with van der Waals surface area (Å²) >= 11 is 4.97. The highest BCUT2D eigenvalue weighted by atomic mass is 32.1. The van der Waals surface area contributed by atoms with Gasteiger partial charge in [-0.05, 0) is 24.4 Å². The zero-order chi connectivity index (χ0) is 10.7. The van der Waals surface area contributed by atoms with Gasteiger partial charge in [-0.2, -0.15) is 0 Å². The number of fused-ring (bicyclic) bond motifs is 1. The lowest BCUT2D eigenvalue weighted by molar-refractivity contribution is 0.799. The third-order valence-electron chi connectivity index (χ3n) is 2.02. The molecule has 0 amide bonds. The van der Waals surface area contributed by atoms with Gasteiger partial charge in [-0.3, -0.25) is 4.40 Å². The molecule has 6 heteroatoms. The second kappa shape index (κ2) is 4.22. The summed E-state index contributed by atoms with van der Waals surface area (Å²) in [5, 5.41) is 14.6. The standard InChI is InChI=1S/C9H11N5S/c1-10-9(15)11-6-8-13-12-7-4-2-3-5-14(7)8/h2-5H,6H2,1H3,(H2,10,11,15). The van der Waals surface area contributed by atoms with E-state index in [1.807, 2.05) is 28.8 Å². The molecule has 0 aliphatic carbocycles. The highest BCUT2D eigenvalue weighted by Crippen LogP contribution is 2.01. The normalized spacial score (nSPS) is 10.2. The van der Waals surface area contributed by atoms with Crippen LogP contribution >= 0.6 is 12.2 Å².